The molecule has 0 saturated heterocycles. The summed E-state index contributed by atoms with van der Waals surface area (Å²) in [6.45, 7) is 0.861. The third-order valence-electron chi connectivity index (χ3n) is 3.97. The molecule has 2 aromatic rings. The molecule has 0 aromatic heterocycles. The summed E-state index contributed by atoms with van der Waals surface area (Å²) in [5, 5.41) is 3.16. The molecular weight excluding hydrogens is 290 g/mol. The Balaban J connectivity index is 1.79. The lowest BCUT2D eigenvalue weighted by molar-refractivity contribution is -0.135. The van der Waals surface area contributed by atoms with Crippen LogP contribution in [0, 0.1) is 0 Å². The number of rotatable bonds is 6. The number of benzene rings is 2. The van der Waals surface area contributed by atoms with E-state index >= 15 is 0 Å². The Morgan fingerprint density at radius 2 is 2.00 bits per heavy atom. The van der Waals surface area contributed by atoms with E-state index in [2.05, 4.69) is 17.4 Å². The number of carbonyl (C=O) groups is 1. The van der Waals surface area contributed by atoms with Crippen molar-refractivity contribution >= 4 is 5.97 Å². The SMILES string of the molecule is CNCCC(Oc1ccc2c(c1)OC(=O)CC2)c1ccccc1. The van der Waals surface area contributed by atoms with Crippen molar-refractivity contribution in [3.8, 4) is 11.5 Å². The molecule has 3 rings (SSSR count). The van der Waals surface area contributed by atoms with Crippen molar-refractivity contribution in [2.45, 2.75) is 25.4 Å². The summed E-state index contributed by atoms with van der Waals surface area (Å²) in [6, 6.07) is 15.9. The lowest BCUT2D eigenvalue weighted by Crippen LogP contribution is -2.17. The van der Waals surface area contributed by atoms with Crippen LogP contribution in [-0.4, -0.2) is 19.6 Å². The van der Waals surface area contributed by atoms with E-state index in [1.807, 2.05) is 43.4 Å². The maximum absolute atomic E-state index is 11.5. The van der Waals surface area contributed by atoms with Gasteiger partial charge in [0, 0.05) is 12.5 Å². The highest BCUT2D eigenvalue weighted by Gasteiger charge is 2.19. The zero-order valence-corrected chi connectivity index (χ0v) is 13.2. The predicted octanol–water partition coefficient (Wildman–Crippen LogP) is 3.27. The van der Waals surface area contributed by atoms with Crippen molar-refractivity contribution in [1.82, 2.24) is 5.32 Å². The first-order valence-corrected chi connectivity index (χ1v) is 7.96. The maximum atomic E-state index is 11.5. The standard InChI is InChI=1S/C19H21NO3/c1-20-12-11-17(14-5-3-2-4-6-14)22-16-9-7-15-8-10-19(21)23-18(15)13-16/h2-7,9,13,17,20H,8,10-12H2,1H3. The van der Waals surface area contributed by atoms with Gasteiger partial charge in [0.15, 0.2) is 0 Å². The van der Waals surface area contributed by atoms with Crippen molar-refractivity contribution in [1.29, 1.82) is 0 Å². The molecule has 0 fully saturated rings. The Morgan fingerprint density at radius 3 is 2.78 bits per heavy atom. The minimum Gasteiger partial charge on any atom is -0.486 e. The van der Waals surface area contributed by atoms with Gasteiger partial charge >= 0.3 is 5.97 Å². The molecular formula is C19H21NO3. The highest BCUT2D eigenvalue weighted by atomic mass is 16.5. The van der Waals surface area contributed by atoms with E-state index in [4.69, 9.17) is 9.47 Å². The average molecular weight is 311 g/mol. The van der Waals surface area contributed by atoms with Gasteiger partial charge in [-0.05, 0) is 37.2 Å². The van der Waals surface area contributed by atoms with Crippen molar-refractivity contribution in [3.63, 3.8) is 0 Å². The van der Waals surface area contributed by atoms with E-state index in [0.717, 1.165) is 36.3 Å². The summed E-state index contributed by atoms with van der Waals surface area (Å²) in [7, 11) is 1.93. The predicted molar refractivity (Wildman–Crippen MR) is 88.8 cm³/mol. The van der Waals surface area contributed by atoms with Crippen LogP contribution in [-0.2, 0) is 11.2 Å². The molecule has 0 radical (unpaired) electrons. The highest BCUT2D eigenvalue weighted by Crippen LogP contribution is 2.32. The fourth-order valence-corrected chi connectivity index (χ4v) is 2.72. The van der Waals surface area contributed by atoms with Gasteiger partial charge in [0.2, 0.25) is 0 Å². The van der Waals surface area contributed by atoms with E-state index in [0.29, 0.717) is 12.2 Å². The third-order valence-corrected chi connectivity index (χ3v) is 3.97. The van der Waals surface area contributed by atoms with Crippen LogP contribution in [0.1, 0.15) is 30.1 Å². The van der Waals surface area contributed by atoms with E-state index < -0.39 is 0 Å². The number of aryl methyl sites for hydroxylation is 1. The van der Waals surface area contributed by atoms with Crippen LogP contribution in [0.4, 0.5) is 0 Å². The molecule has 4 nitrogen and oxygen atoms in total. The molecule has 120 valence electrons. The quantitative estimate of drug-likeness (QED) is 0.657. The molecule has 4 heteroatoms. The third kappa shape index (κ3) is 3.90. The normalized spacial score (nSPS) is 14.7. The molecule has 1 aliphatic rings. The van der Waals surface area contributed by atoms with Crippen LogP contribution in [0.25, 0.3) is 0 Å². The molecule has 23 heavy (non-hydrogen) atoms. The summed E-state index contributed by atoms with van der Waals surface area (Å²) < 4.78 is 11.5. The summed E-state index contributed by atoms with van der Waals surface area (Å²) in [5.74, 6) is 1.17. The second-order valence-electron chi connectivity index (χ2n) is 5.65. The van der Waals surface area contributed by atoms with E-state index in [-0.39, 0.29) is 12.1 Å². The Hall–Kier alpha value is -2.33. The lowest BCUT2D eigenvalue weighted by Gasteiger charge is -2.21. The molecule has 1 atom stereocenters. The second-order valence-corrected chi connectivity index (χ2v) is 5.65. The first kappa shape index (κ1) is 15.6. The van der Waals surface area contributed by atoms with Gasteiger partial charge in [-0.1, -0.05) is 36.4 Å². The number of ether oxygens (including phenoxy) is 2. The van der Waals surface area contributed by atoms with Crippen LogP contribution in [0.15, 0.2) is 48.5 Å². The smallest absolute Gasteiger partial charge is 0.311 e. The minimum absolute atomic E-state index is 0.0407. The number of fused-ring (bicyclic) bond motifs is 1. The summed E-state index contributed by atoms with van der Waals surface area (Å²) in [4.78, 5) is 11.5. The molecule has 1 heterocycles. The molecule has 0 bridgehead atoms. The monoisotopic (exact) mass is 311 g/mol. The molecule has 0 aliphatic carbocycles. The van der Waals surface area contributed by atoms with Gasteiger partial charge in [-0.3, -0.25) is 4.79 Å². The van der Waals surface area contributed by atoms with Crippen molar-refractivity contribution in [2.24, 2.45) is 0 Å². The van der Waals surface area contributed by atoms with Crippen LogP contribution >= 0.6 is 0 Å². The van der Waals surface area contributed by atoms with Crippen LogP contribution < -0.4 is 14.8 Å². The molecule has 1 aliphatic heterocycles. The molecule has 0 amide bonds. The Kier molecular flexibility index (Phi) is 4.93. The summed E-state index contributed by atoms with van der Waals surface area (Å²) >= 11 is 0. The first-order valence-electron chi connectivity index (χ1n) is 7.96. The van der Waals surface area contributed by atoms with Gasteiger partial charge in [0.05, 0.1) is 6.42 Å². The maximum Gasteiger partial charge on any atom is 0.311 e. The topological polar surface area (TPSA) is 47.6 Å². The van der Waals surface area contributed by atoms with Gasteiger partial charge in [0.1, 0.15) is 17.6 Å². The molecule has 2 aromatic carbocycles. The average Bonchev–Trinajstić information content (AvgIpc) is 2.59. The van der Waals surface area contributed by atoms with E-state index in [1.54, 1.807) is 0 Å². The number of carbonyl (C=O) groups excluding carboxylic acids is 1. The van der Waals surface area contributed by atoms with Gasteiger partial charge in [-0.25, -0.2) is 0 Å². The Bertz CT molecular complexity index is 670. The molecule has 0 spiro atoms. The summed E-state index contributed by atoms with van der Waals surface area (Å²) in [5.41, 5.74) is 2.20. The largest absolute Gasteiger partial charge is 0.486 e. The fourth-order valence-electron chi connectivity index (χ4n) is 2.72. The zero-order valence-electron chi connectivity index (χ0n) is 13.2. The van der Waals surface area contributed by atoms with Crippen molar-refractivity contribution < 1.29 is 14.3 Å². The Labute approximate surface area is 136 Å². The molecule has 1 N–H and O–H groups in total. The van der Waals surface area contributed by atoms with Gasteiger partial charge in [-0.2, -0.15) is 0 Å². The number of hydrogen-bond donors (Lipinski definition) is 1. The fraction of sp³-hybridized carbons (Fsp3) is 0.316. The highest BCUT2D eigenvalue weighted by molar-refractivity contribution is 5.75. The summed E-state index contributed by atoms with van der Waals surface area (Å²) in [6.07, 6.45) is 2.00. The lowest BCUT2D eigenvalue weighted by atomic mass is 10.0. The Morgan fingerprint density at radius 1 is 1.17 bits per heavy atom. The van der Waals surface area contributed by atoms with Crippen LogP contribution in [0.2, 0.25) is 0 Å². The van der Waals surface area contributed by atoms with E-state index in [1.165, 1.54) is 0 Å². The first-order chi connectivity index (χ1) is 11.3. The zero-order chi connectivity index (χ0) is 16.1. The minimum atomic E-state index is -0.176. The number of nitrogens with one attached hydrogen (secondary N) is 1. The van der Waals surface area contributed by atoms with Gasteiger partial charge in [0.25, 0.3) is 0 Å². The molecule has 0 saturated carbocycles. The second kappa shape index (κ2) is 7.29. The molecule has 1 unspecified atom stereocenters. The van der Waals surface area contributed by atoms with Crippen LogP contribution in [0.3, 0.4) is 0 Å². The number of esters is 1. The van der Waals surface area contributed by atoms with Crippen LogP contribution in [0.5, 0.6) is 11.5 Å². The van der Waals surface area contributed by atoms with Gasteiger partial charge in [-0.15, -0.1) is 0 Å². The number of hydrogen-bond acceptors (Lipinski definition) is 4. The van der Waals surface area contributed by atoms with E-state index in [9.17, 15) is 4.79 Å². The van der Waals surface area contributed by atoms with Crippen molar-refractivity contribution in [3.05, 3.63) is 59.7 Å². The van der Waals surface area contributed by atoms with Crippen molar-refractivity contribution in [2.75, 3.05) is 13.6 Å². The van der Waals surface area contributed by atoms with Gasteiger partial charge < -0.3 is 14.8 Å².